The summed E-state index contributed by atoms with van der Waals surface area (Å²) in [4.78, 5) is 27.9. The Hall–Kier alpha value is -2.37. The summed E-state index contributed by atoms with van der Waals surface area (Å²) >= 11 is 0. The summed E-state index contributed by atoms with van der Waals surface area (Å²) < 4.78 is 7.01. The van der Waals surface area contributed by atoms with Crippen LogP contribution in [0.25, 0.3) is 0 Å². The van der Waals surface area contributed by atoms with E-state index in [-0.39, 0.29) is 13.0 Å². The molecule has 1 unspecified atom stereocenters. The van der Waals surface area contributed by atoms with Crippen LogP contribution in [0.2, 0.25) is 0 Å². The fourth-order valence-electron chi connectivity index (χ4n) is 2.16. The van der Waals surface area contributed by atoms with Crippen molar-refractivity contribution in [2.75, 3.05) is 0 Å². The van der Waals surface area contributed by atoms with Crippen molar-refractivity contribution >= 4 is 12.4 Å². The maximum Gasteiger partial charge on any atom is 0.408 e. The van der Waals surface area contributed by atoms with Crippen LogP contribution in [0.4, 0.5) is 4.79 Å². The quantitative estimate of drug-likeness (QED) is 0.619. The molecule has 0 aromatic carbocycles. The molecule has 1 amide bonds. The molecule has 1 rings (SSSR count). The van der Waals surface area contributed by atoms with E-state index in [4.69, 9.17) is 4.74 Å². The number of ether oxygens (including phenoxy) is 1. The third-order valence-electron chi connectivity index (χ3n) is 2.94. The van der Waals surface area contributed by atoms with E-state index < -0.39 is 17.2 Å². The lowest BCUT2D eigenvalue weighted by molar-refractivity contribution is -0.114. The van der Waals surface area contributed by atoms with Gasteiger partial charge in [0.2, 0.25) is 0 Å². The van der Waals surface area contributed by atoms with Crippen molar-refractivity contribution in [3.8, 4) is 0 Å². The zero-order valence-electron chi connectivity index (χ0n) is 14.2. The zero-order valence-corrected chi connectivity index (χ0v) is 14.2. The Kier molecular flexibility index (Phi) is 6.30. The Morgan fingerprint density at radius 1 is 1.43 bits per heavy atom. The molecule has 1 N–H and O–H groups in total. The van der Waals surface area contributed by atoms with Crippen molar-refractivity contribution in [3.63, 3.8) is 0 Å². The lowest BCUT2D eigenvalue weighted by Crippen LogP contribution is -2.54. The van der Waals surface area contributed by atoms with Gasteiger partial charge in [-0.05, 0) is 27.7 Å². The van der Waals surface area contributed by atoms with Crippen molar-refractivity contribution in [3.05, 3.63) is 43.0 Å². The number of allylic oxidation sites excluding steroid dienone is 2. The van der Waals surface area contributed by atoms with Crippen LogP contribution in [0.1, 0.15) is 34.1 Å². The molecule has 0 saturated carbocycles. The fourth-order valence-corrected chi connectivity index (χ4v) is 2.16. The second-order valence-electron chi connectivity index (χ2n) is 6.47. The number of hydrogen-bond acceptors (Lipinski definition) is 4. The van der Waals surface area contributed by atoms with Gasteiger partial charge >= 0.3 is 6.09 Å². The Morgan fingerprint density at radius 2 is 2.13 bits per heavy atom. The summed E-state index contributed by atoms with van der Waals surface area (Å²) in [5, 5.41) is 2.69. The number of alkyl carbamates (subject to hydrolysis) is 1. The fraction of sp³-hybridized carbons (Fsp3) is 0.471. The second kappa shape index (κ2) is 7.76. The highest BCUT2D eigenvalue weighted by Gasteiger charge is 2.34. The number of amides is 1. The highest BCUT2D eigenvalue weighted by molar-refractivity contribution is 5.77. The van der Waals surface area contributed by atoms with Gasteiger partial charge < -0.3 is 19.4 Å². The summed E-state index contributed by atoms with van der Waals surface area (Å²) in [7, 11) is 0. The number of carbonyl (C=O) groups excluding carboxylic acids is 2. The van der Waals surface area contributed by atoms with Gasteiger partial charge in [0.05, 0.1) is 12.9 Å². The SMILES string of the molecule is C=C(C=CC)CC(C=O)(Cn1ccnc1)NC(=O)OC(C)(C)C. The predicted molar refractivity (Wildman–Crippen MR) is 89.0 cm³/mol. The molecule has 0 radical (unpaired) electrons. The summed E-state index contributed by atoms with van der Waals surface area (Å²) in [5.41, 5.74) is -1.07. The molecule has 0 aliphatic heterocycles. The van der Waals surface area contributed by atoms with Gasteiger partial charge in [0, 0.05) is 18.8 Å². The monoisotopic (exact) mass is 319 g/mol. The van der Waals surface area contributed by atoms with Gasteiger partial charge in [-0.3, -0.25) is 0 Å². The average Bonchev–Trinajstić information content (AvgIpc) is 2.89. The molecular weight excluding hydrogens is 294 g/mol. The minimum atomic E-state index is -1.15. The van der Waals surface area contributed by atoms with Gasteiger partial charge in [0.25, 0.3) is 0 Å². The molecule has 0 aliphatic rings. The van der Waals surface area contributed by atoms with Gasteiger partial charge in [-0.2, -0.15) is 0 Å². The standard InChI is InChI=1S/C17H25N3O3/c1-6-7-14(2)10-17(12-21,11-20-9-8-18-13-20)19-15(22)23-16(3,4)5/h6-9,12-13H,2,10-11H2,1,3-5H3,(H,19,22). The van der Waals surface area contributed by atoms with Crippen LogP contribution in [-0.2, 0) is 16.1 Å². The summed E-state index contributed by atoms with van der Waals surface area (Å²) in [5.74, 6) is 0. The van der Waals surface area contributed by atoms with Crippen LogP contribution in [0, 0.1) is 0 Å². The molecular formula is C17H25N3O3. The van der Waals surface area contributed by atoms with E-state index in [1.54, 1.807) is 44.1 Å². The van der Waals surface area contributed by atoms with E-state index in [0.717, 1.165) is 11.9 Å². The molecule has 0 saturated heterocycles. The molecule has 1 heterocycles. The summed E-state index contributed by atoms with van der Waals surface area (Å²) in [6.07, 6.45) is 8.94. The summed E-state index contributed by atoms with van der Waals surface area (Å²) in [6.45, 7) is 11.3. The van der Waals surface area contributed by atoms with Gasteiger partial charge in [0.1, 0.15) is 17.4 Å². The number of aldehydes is 1. The minimum Gasteiger partial charge on any atom is -0.444 e. The molecule has 0 spiro atoms. The van der Waals surface area contributed by atoms with Gasteiger partial charge in [0.15, 0.2) is 0 Å². The van der Waals surface area contributed by atoms with E-state index >= 15 is 0 Å². The number of rotatable bonds is 7. The van der Waals surface area contributed by atoms with Gasteiger partial charge in [-0.1, -0.05) is 24.3 Å². The van der Waals surface area contributed by atoms with E-state index in [9.17, 15) is 9.59 Å². The Bertz CT molecular complexity index is 570. The van der Waals surface area contributed by atoms with Gasteiger partial charge in [-0.15, -0.1) is 0 Å². The molecule has 1 aromatic heterocycles. The molecule has 1 atom stereocenters. The molecule has 6 heteroatoms. The molecule has 0 bridgehead atoms. The van der Waals surface area contributed by atoms with Crippen LogP contribution in [0.15, 0.2) is 43.0 Å². The summed E-state index contributed by atoms with van der Waals surface area (Å²) in [6, 6.07) is 0. The van der Waals surface area contributed by atoms with Crippen LogP contribution in [0.3, 0.4) is 0 Å². The van der Waals surface area contributed by atoms with Crippen molar-refractivity contribution in [1.29, 1.82) is 0 Å². The van der Waals surface area contributed by atoms with Crippen molar-refractivity contribution in [1.82, 2.24) is 14.9 Å². The largest absolute Gasteiger partial charge is 0.444 e. The Balaban J connectivity index is 2.99. The highest BCUT2D eigenvalue weighted by atomic mass is 16.6. The molecule has 0 aliphatic carbocycles. The van der Waals surface area contributed by atoms with Crippen LogP contribution in [-0.4, -0.2) is 33.1 Å². The van der Waals surface area contributed by atoms with E-state index in [1.807, 2.05) is 19.1 Å². The number of nitrogens with zero attached hydrogens (tertiary/aromatic N) is 2. The normalized spacial score (nSPS) is 14.3. The molecule has 6 nitrogen and oxygen atoms in total. The van der Waals surface area contributed by atoms with Crippen molar-refractivity contribution < 1.29 is 14.3 Å². The smallest absolute Gasteiger partial charge is 0.408 e. The number of carbonyl (C=O) groups is 2. The number of hydrogen-bond donors (Lipinski definition) is 1. The lowest BCUT2D eigenvalue weighted by atomic mass is 9.92. The van der Waals surface area contributed by atoms with Crippen LogP contribution >= 0.6 is 0 Å². The van der Waals surface area contributed by atoms with Crippen molar-refractivity contribution in [2.45, 2.75) is 51.8 Å². The third-order valence-corrected chi connectivity index (χ3v) is 2.94. The number of nitrogens with one attached hydrogen (secondary N) is 1. The Morgan fingerprint density at radius 3 is 2.61 bits per heavy atom. The second-order valence-corrected chi connectivity index (χ2v) is 6.47. The van der Waals surface area contributed by atoms with Gasteiger partial charge in [-0.25, -0.2) is 9.78 Å². The Labute approximate surface area is 137 Å². The first-order valence-electron chi connectivity index (χ1n) is 7.43. The first kappa shape index (κ1) is 18.7. The van der Waals surface area contributed by atoms with E-state index in [0.29, 0.717) is 0 Å². The first-order valence-corrected chi connectivity index (χ1v) is 7.43. The maximum atomic E-state index is 12.1. The third kappa shape index (κ3) is 6.50. The first-order chi connectivity index (χ1) is 10.7. The maximum absolute atomic E-state index is 12.1. The molecule has 126 valence electrons. The topological polar surface area (TPSA) is 73.2 Å². The highest BCUT2D eigenvalue weighted by Crippen LogP contribution is 2.19. The van der Waals surface area contributed by atoms with E-state index in [1.165, 1.54) is 0 Å². The van der Waals surface area contributed by atoms with E-state index in [2.05, 4.69) is 16.9 Å². The number of aromatic nitrogens is 2. The molecule has 23 heavy (non-hydrogen) atoms. The predicted octanol–water partition coefficient (Wildman–Crippen LogP) is 2.87. The number of imidazole rings is 1. The lowest BCUT2D eigenvalue weighted by Gasteiger charge is -2.31. The molecule has 0 fully saturated rings. The van der Waals surface area contributed by atoms with Crippen LogP contribution in [0.5, 0.6) is 0 Å². The zero-order chi connectivity index (χ0) is 17.5. The van der Waals surface area contributed by atoms with Crippen molar-refractivity contribution in [2.24, 2.45) is 0 Å². The molecule has 1 aromatic rings. The average molecular weight is 319 g/mol. The minimum absolute atomic E-state index is 0.242. The van der Waals surface area contributed by atoms with Crippen LogP contribution < -0.4 is 5.32 Å².